The lowest BCUT2D eigenvalue weighted by Crippen LogP contribution is -2.01. The van der Waals surface area contributed by atoms with Crippen LogP contribution in [0.15, 0.2) is 23.1 Å². The highest BCUT2D eigenvalue weighted by molar-refractivity contribution is 8.00. The van der Waals surface area contributed by atoms with Gasteiger partial charge in [0.1, 0.15) is 0 Å². The van der Waals surface area contributed by atoms with Crippen molar-refractivity contribution in [1.29, 1.82) is 0 Å². The third-order valence-electron chi connectivity index (χ3n) is 1.79. The molecule has 0 saturated carbocycles. The van der Waals surface area contributed by atoms with Crippen LogP contribution < -0.4 is 5.73 Å². The van der Waals surface area contributed by atoms with Crippen molar-refractivity contribution in [1.82, 2.24) is 0 Å². The summed E-state index contributed by atoms with van der Waals surface area (Å²) in [6, 6.07) is 5.44. The Morgan fingerprint density at radius 3 is 2.67 bits per heavy atom. The summed E-state index contributed by atoms with van der Waals surface area (Å²) in [5.41, 5.74) is 7.23. The van der Waals surface area contributed by atoms with Crippen molar-refractivity contribution in [2.24, 2.45) is 0 Å². The van der Waals surface area contributed by atoms with Crippen molar-refractivity contribution in [2.45, 2.75) is 30.4 Å². The molecule has 15 heavy (non-hydrogen) atoms. The molecule has 0 radical (unpaired) electrons. The van der Waals surface area contributed by atoms with Crippen molar-refractivity contribution >= 4 is 23.4 Å². The van der Waals surface area contributed by atoms with E-state index in [1.165, 1.54) is 0 Å². The molecule has 0 fully saturated rings. The van der Waals surface area contributed by atoms with E-state index in [1.54, 1.807) is 17.8 Å². The highest BCUT2D eigenvalue weighted by atomic mass is 32.2. The molecule has 4 heteroatoms. The number of hydrogen-bond donors (Lipinski definition) is 2. The topological polar surface area (TPSA) is 63.3 Å². The van der Waals surface area contributed by atoms with E-state index in [0.717, 1.165) is 10.5 Å². The van der Waals surface area contributed by atoms with Gasteiger partial charge in [-0.15, -0.1) is 11.8 Å². The number of hydrogen-bond acceptors (Lipinski definition) is 3. The third-order valence-corrected chi connectivity index (χ3v) is 2.89. The second-order valence-corrected chi connectivity index (χ2v) is 5.23. The predicted molar refractivity (Wildman–Crippen MR) is 63.2 cm³/mol. The first-order chi connectivity index (χ1) is 6.99. The summed E-state index contributed by atoms with van der Waals surface area (Å²) in [6.07, 6.45) is 0.0246. The summed E-state index contributed by atoms with van der Waals surface area (Å²) in [7, 11) is 0. The molecule has 0 bridgehead atoms. The molecule has 3 nitrogen and oxygen atoms in total. The van der Waals surface area contributed by atoms with Gasteiger partial charge in [0, 0.05) is 15.8 Å². The van der Waals surface area contributed by atoms with E-state index in [0.29, 0.717) is 10.9 Å². The van der Waals surface area contributed by atoms with E-state index < -0.39 is 5.97 Å². The average molecular weight is 225 g/mol. The molecule has 0 saturated heterocycles. The molecule has 0 unspecified atom stereocenters. The van der Waals surface area contributed by atoms with Gasteiger partial charge in [-0.25, -0.2) is 0 Å². The van der Waals surface area contributed by atoms with E-state index in [9.17, 15) is 4.79 Å². The number of benzene rings is 1. The molecule has 1 rings (SSSR count). The zero-order chi connectivity index (χ0) is 11.4. The second-order valence-electron chi connectivity index (χ2n) is 3.61. The van der Waals surface area contributed by atoms with Crippen LogP contribution in [0.1, 0.15) is 19.4 Å². The van der Waals surface area contributed by atoms with Gasteiger partial charge in [0.25, 0.3) is 0 Å². The molecule has 0 aromatic heterocycles. The minimum atomic E-state index is -0.835. The Hall–Kier alpha value is -1.16. The van der Waals surface area contributed by atoms with Gasteiger partial charge in [0.05, 0.1) is 6.42 Å². The summed E-state index contributed by atoms with van der Waals surface area (Å²) in [4.78, 5) is 11.5. The molecule has 0 aliphatic rings. The zero-order valence-corrected chi connectivity index (χ0v) is 9.67. The van der Waals surface area contributed by atoms with Gasteiger partial charge in [-0.05, 0) is 17.7 Å². The van der Waals surface area contributed by atoms with Crippen molar-refractivity contribution in [3.05, 3.63) is 23.8 Å². The number of aliphatic carboxylic acids is 1. The van der Waals surface area contributed by atoms with Crippen LogP contribution >= 0.6 is 11.8 Å². The van der Waals surface area contributed by atoms with Crippen LogP contribution in [0.2, 0.25) is 0 Å². The first-order valence-corrected chi connectivity index (χ1v) is 5.64. The van der Waals surface area contributed by atoms with Crippen LogP contribution in [0, 0.1) is 0 Å². The number of carbonyl (C=O) groups is 1. The van der Waals surface area contributed by atoms with Crippen LogP contribution in [0.5, 0.6) is 0 Å². The fraction of sp³-hybridized carbons (Fsp3) is 0.364. The van der Waals surface area contributed by atoms with Crippen molar-refractivity contribution in [2.75, 3.05) is 5.73 Å². The normalized spacial score (nSPS) is 10.6. The van der Waals surface area contributed by atoms with E-state index in [-0.39, 0.29) is 6.42 Å². The predicted octanol–water partition coefficient (Wildman–Crippen LogP) is 2.40. The number of carboxylic acid groups (broad SMARTS) is 1. The number of nitrogen functional groups attached to an aromatic ring is 1. The molecule has 0 atom stereocenters. The number of carboxylic acids is 1. The lowest BCUT2D eigenvalue weighted by Gasteiger charge is -2.09. The summed E-state index contributed by atoms with van der Waals surface area (Å²) in [5.74, 6) is -0.835. The van der Waals surface area contributed by atoms with Gasteiger partial charge in [0.15, 0.2) is 0 Å². The van der Waals surface area contributed by atoms with Gasteiger partial charge in [-0.1, -0.05) is 19.9 Å². The van der Waals surface area contributed by atoms with Gasteiger partial charge >= 0.3 is 5.97 Å². The number of nitrogens with two attached hydrogens (primary N) is 1. The minimum Gasteiger partial charge on any atom is -0.481 e. The quantitative estimate of drug-likeness (QED) is 0.610. The van der Waals surface area contributed by atoms with Gasteiger partial charge in [0.2, 0.25) is 0 Å². The molecule has 0 aliphatic carbocycles. The highest BCUT2D eigenvalue weighted by Gasteiger charge is 2.06. The molecule has 1 aromatic rings. The third kappa shape index (κ3) is 3.83. The van der Waals surface area contributed by atoms with E-state index in [1.807, 2.05) is 12.1 Å². The van der Waals surface area contributed by atoms with E-state index >= 15 is 0 Å². The number of rotatable bonds is 4. The summed E-state index contributed by atoms with van der Waals surface area (Å²) in [5, 5.41) is 9.10. The van der Waals surface area contributed by atoms with Gasteiger partial charge < -0.3 is 10.8 Å². The largest absolute Gasteiger partial charge is 0.481 e. The highest BCUT2D eigenvalue weighted by Crippen LogP contribution is 2.29. The summed E-state index contributed by atoms with van der Waals surface area (Å²) in [6.45, 7) is 4.19. The second kappa shape index (κ2) is 5.07. The molecule has 0 aliphatic heterocycles. The standard InChI is InChI=1S/C11H15NO2S/c1-7(2)15-10-4-3-8(5-9(10)12)6-11(13)14/h3-5,7H,6,12H2,1-2H3,(H,13,14). The Labute approximate surface area is 93.7 Å². The SMILES string of the molecule is CC(C)Sc1ccc(CC(=O)O)cc1N. The lowest BCUT2D eigenvalue weighted by atomic mass is 10.1. The Morgan fingerprint density at radius 1 is 1.53 bits per heavy atom. The number of anilines is 1. The molecule has 0 heterocycles. The van der Waals surface area contributed by atoms with Crippen molar-refractivity contribution in [3.8, 4) is 0 Å². The minimum absolute atomic E-state index is 0.0246. The Kier molecular flexibility index (Phi) is 4.03. The molecule has 0 spiro atoms. The first kappa shape index (κ1) is 11.9. The summed E-state index contributed by atoms with van der Waals surface area (Å²) >= 11 is 1.68. The Morgan fingerprint density at radius 2 is 2.20 bits per heavy atom. The summed E-state index contributed by atoms with van der Waals surface area (Å²) < 4.78 is 0. The first-order valence-electron chi connectivity index (χ1n) is 4.76. The molecule has 3 N–H and O–H groups in total. The maximum Gasteiger partial charge on any atom is 0.307 e. The van der Waals surface area contributed by atoms with Crippen LogP contribution in [-0.2, 0) is 11.2 Å². The van der Waals surface area contributed by atoms with Gasteiger partial charge in [-0.3, -0.25) is 4.79 Å². The maximum absolute atomic E-state index is 10.5. The molecule has 0 amide bonds. The average Bonchev–Trinajstić information content (AvgIpc) is 2.08. The van der Waals surface area contributed by atoms with E-state index in [4.69, 9.17) is 10.8 Å². The smallest absolute Gasteiger partial charge is 0.307 e. The Bertz CT molecular complexity index is 364. The zero-order valence-electron chi connectivity index (χ0n) is 8.86. The van der Waals surface area contributed by atoms with Crippen LogP contribution in [-0.4, -0.2) is 16.3 Å². The molecule has 82 valence electrons. The lowest BCUT2D eigenvalue weighted by molar-refractivity contribution is -0.136. The maximum atomic E-state index is 10.5. The molecular weight excluding hydrogens is 210 g/mol. The fourth-order valence-electron chi connectivity index (χ4n) is 1.24. The fourth-order valence-corrected chi connectivity index (χ4v) is 2.09. The van der Waals surface area contributed by atoms with Crippen LogP contribution in [0.3, 0.4) is 0 Å². The Balaban J connectivity index is 2.83. The van der Waals surface area contributed by atoms with Crippen molar-refractivity contribution in [3.63, 3.8) is 0 Å². The van der Waals surface area contributed by atoms with Crippen molar-refractivity contribution < 1.29 is 9.90 Å². The van der Waals surface area contributed by atoms with Crippen LogP contribution in [0.4, 0.5) is 5.69 Å². The monoisotopic (exact) mass is 225 g/mol. The van der Waals surface area contributed by atoms with Crippen LogP contribution in [0.25, 0.3) is 0 Å². The molecule has 1 aromatic carbocycles. The number of thioether (sulfide) groups is 1. The van der Waals surface area contributed by atoms with E-state index in [2.05, 4.69) is 13.8 Å². The molecular formula is C11H15NO2S. The van der Waals surface area contributed by atoms with Gasteiger partial charge in [-0.2, -0.15) is 0 Å².